The smallest absolute Gasteiger partial charge is 0.0639 e. The van der Waals surface area contributed by atoms with Crippen LogP contribution in [0.25, 0.3) is 0 Å². The highest BCUT2D eigenvalue weighted by Crippen LogP contribution is 2.07. The molecule has 0 amide bonds. The van der Waals surface area contributed by atoms with E-state index < -0.39 is 0 Å². The molecule has 1 heterocycles. The van der Waals surface area contributed by atoms with Crippen LogP contribution in [-0.2, 0) is 4.74 Å². The largest absolute Gasteiger partial charge is 0.392 e. The molecule has 0 bridgehead atoms. The summed E-state index contributed by atoms with van der Waals surface area (Å²) in [6, 6.07) is 0.598. The lowest BCUT2D eigenvalue weighted by atomic mass is 10.2. The number of nitrogens with zero attached hydrogens (tertiary/aromatic N) is 1. The minimum atomic E-state index is -0.261. The fourth-order valence-electron chi connectivity index (χ4n) is 2.08. The van der Waals surface area contributed by atoms with Crippen LogP contribution in [0.4, 0.5) is 0 Å². The number of hydrogen-bond donors (Lipinski definition) is 2. The molecule has 15 heavy (non-hydrogen) atoms. The van der Waals surface area contributed by atoms with Crippen LogP contribution in [-0.4, -0.2) is 62.0 Å². The maximum atomic E-state index is 9.39. The molecule has 1 fully saturated rings. The summed E-state index contributed by atoms with van der Waals surface area (Å²) in [6.07, 6.45) is 2.27. The van der Waals surface area contributed by atoms with Gasteiger partial charge in [-0.25, -0.2) is 0 Å². The van der Waals surface area contributed by atoms with E-state index in [2.05, 4.69) is 10.2 Å². The molecule has 2 atom stereocenters. The van der Waals surface area contributed by atoms with Crippen LogP contribution < -0.4 is 5.32 Å². The summed E-state index contributed by atoms with van der Waals surface area (Å²) in [7, 11) is 1.72. The first kappa shape index (κ1) is 12.9. The monoisotopic (exact) mass is 216 g/mol. The summed E-state index contributed by atoms with van der Waals surface area (Å²) in [5.41, 5.74) is 0. The highest BCUT2D eigenvalue weighted by atomic mass is 16.5. The van der Waals surface area contributed by atoms with E-state index in [-0.39, 0.29) is 6.10 Å². The summed E-state index contributed by atoms with van der Waals surface area (Å²) in [4.78, 5) is 2.27. The summed E-state index contributed by atoms with van der Waals surface area (Å²) in [5, 5.41) is 12.9. The van der Waals surface area contributed by atoms with Gasteiger partial charge < -0.3 is 15.2 Å². The van der Waals surface area contributed by atoms with E-state index in [1.54, 1.807) is 7.11 Å². The van der Waals surface area contributed by atoms with Crippen molar-refractivity contribution in [1.29, 1.82) is 0 Å². The number of rotatable bonds is 7. The number of nitrogens with one attached hydrogen (secondary N) is 1. The Morgan fingerprint density at radius 3 is 2.93 bits per heavy atom. The predicted molar refractivity (Wildman–Crippen MR) is 61.0 cm³/mol. The van der Waals surface area contributed by atoms with Crippen molar-refractivity contribution >= 4 is 0 Å². The molecule has 1 rings (SSSR count). The van der Waals surface area contributed by atoms with Crippen LogP contribution >= 0.6 is 0 Å². The Hall–Kier alpha value is -0.160. The van der Waals surface area contributed by atoms with E-state index in [4.69, 9.17) is 4.74 Å². The van der Waals surface area contributed by atoms with Gasteiger partial charge in [-0.15, -0.1) is 0 Å². The Kier molecular flexibility index (Phi) is 6.17. The molecule has 2 unspecified atom stereocenters. The molecule has 0 aliphatic carbocycles. The first-order valence-corrected chi connectivity index (χ1v) is 5.85. The van der Waals surface area contributed by atoms with Gasteiger partial charge in [0.1, 0.15) is 0 Å². The number of ether oxygens (including phenoxy) is 1. The molecule has 0 saturated carbocycles. The van der Waals surface area contributed by atoms with Gasteiger partial charge in [-0.1, -0.05) is 0 Å². The van der Waals surface area contributed by atoms with E-state index in [0.29, 0.717) is 6.04 Å². The highest BCUT2D eigenvalue weighted by Gasteiger charge is 2.18. The van der Waals surface area contributed by atoms with Crippen LogP contribution in [0.3, 0.4) is 0 Å². The zero-order valence-corrected chi connectivity index (χ0v) is 9.91. The molecule has 0 spiro atoms. The molecular weight excluding hydrogens is 192 g/mol. The van der Waals surface area contributed by atoms with Crippen molar-refractivity contribution in [2.45, 2.75) is 31.9 Å². The van der Waals surface area contributed by atoms with Crippen molar-refractivity contribution < 1.29 is 9.84 Å². The topological polar surface area (TPSA) is 44.7 Å². The molecule has 4 heteroatoms. The number of aliphatic hydroxyl groups is 1. The van der Waals surface area contributed by atoms with Crippen molar-refractivity contribution in [2.75, 3.05) is 39.9 Å². The van der Waals surface area contributed by atoms with Gasteiger partial charge in [0, 0.05) is 32.8 Å². The zero-order chi connectivity index (χ0) is 11.1. The summed E-state index contributed by atoms with van der Waals surface area (Å²) >= 11 is 0. The summed E-state index contributed by atoms with van der Waals surface area (Å²) in [6.45, 7) is 6.37. The van der Waals surface area contributed by atoms with Crippen LogP contribution in [0.15, 0.2) is 0 Å². The van der Waals surface area contributed by atoms with Gasteiger partial charge in [0.15, 0.2) is 0 Å². The predicted octanol–water partition coefficient (Wildman–Crippen LogP) is 0.0676. The second-order valence-electron chi connectivity index (χ2n) is 4.39. The Morgan fingerprint density at radius 1 is 1.60 bits per heavy atom. The zero-order valence-electron chi connectivity index (χ0n) is 9.91. The molecule has 0 aromatic heterocycles. The second kappa shape index (κ2) is 7.17. The van der Waals surface area contributed by atoms with Gasteiger partial charge in [-0.2, -0.15) is 0 Å². The first-order valence-electron chi connectivity index (χ1n) is 5.85. The van der Waals surface area contributed by atoms with E-state index in [0.717, 1.165) is 32.8 Å². The third-order valence-electron chi connectivity index (χ3n) is 2.78. The highest BCUT2D eigenvalue weighted by molar-refractivity contribution is 4.78. The standard InChI is InChI=1S/C11H24N2O2/c1-10(14)8-13(6-7-15-2)9-11-4-3-5-12-11/h10-12,14H,3-9H2,1-2H3. The molecular formula is C11H24N2O2. The third-order valence-corrected chi connectivity index (χ3v) is 2.78. The maximum Gasteiger partial charge on any atom is 0.0639 e. The van der Waals surface area contributed by atoms with Crippen molar-refractivity contribution in [2.24, 2.45) is 0 Å². The summed E-state index contributed by atoms with van der Waals surface area (Å²) < 4.78 is 5.07. The minimum Gasteiger partial charge on any atom is -0.392 e. The molecule has 1 aliphatic rings. The van der Waals surface area contributed by atoms with E-state index >= 15 is 0 Å². The van der Waals surface area contributed by atoms with Gasteiger partial charge in [0.05, 0.1) is 12.7 Å². The Bertz CT molecular complexity index is 159. The lowest BCUT2D eigenvalue weighted by Gasteiger charge is -2.26. The molecule has 1 saturated heterocycles. The van der Waals surface area contributed by atoms with Gasteiger partial charge in [-0.05, 0) is 26.3 Å². The molecule has 2 N–H and O–H groups in total. The second-order valence-corrected chi connectivity index (χ2v) is 4.39. The quantitative estimate of drug-likeness (QED) is 0.632. The first-order chi connectivity index (χ1) is 7.22. The Labute approximate surface area is 92.6 Å². The lowest BCUT2D eigenvalue weighted by Crippen LogP contribution is -2.42. The van der Waals surface area contributed by atoms with Crippen LogP contribution in [0, 0.1) is 0 Å². The van der Waals surface area contributed by atoms with Gasteiger partial charge in [-0.3, -0.25) is 4.90 Å². The number of hydrogen-bond acceptors (Lipinski definition) is 4. The number of aliphatic hydroxyl groups excluding tert-OH is 1. The fraction of sp³-hybridized carbons (Fsp3) is 1.00. The summed E-state index contributed by atoms with van der Waals surface area (Å²) in [5.74, 6) is 0. The van der Waals surface area contributed by atoms with E-state index in [1.807, 2.05) is 6.92 Å². The van der Waals surface area contributed by atoms with Crippen LogP contribution in [0.5, 0.6) is 0 Å². The Balaban J connectivity index is 2.26. The average Bonchev–Trinajstić information content (AvgIpc) is 2.66. The lowest BCUT2D eigenvalue weighted by molar-refractivity contribution is 0.0931. The van der Waals surface area contributed by atoms with E-state index in [9.17, 15) is 5.11 Å². The normalized spacial score (nSPS) is 23.6. The van der Waals surface area contributed by atoms with Gasteiger partial charge in [0.2, 0.25) is 0 Å². The molecule has 0 aromatic carbocycles. The van der Waals surface area contributed by atoms with Crippen molar-refractivity contribution in [1.82, 2.24) is 10.2 Å². The van der Waals surface area contributed by atoms with Crippen molar-refractivity contribution in [3.8, 4) is 0 Å². The van der Waals surface area contributed by atoms with E-state index in [1.165, 1.54) is 12.8 Å². The Morgan fingerprint density at radius 2 is 2.40 bits per heavy atom. The molecule has 90 valence electrons. The fourth-order valence-corrected chi connectivity index (χ4v) is 2.08. The minimum absolute atomic E-state index is 0.261. The third kappa shape index (κ3) is 5.47. The van der Waals surface area contributed by atoms with Crippen LogP contribution in [0.1, 0.15) is 19.8 Å². The molecule has 4 nitrogen and oxygen atoms in total. The molecule has 0 radical (unpaired) electrons. The van der Waals surface area contributed by atoms with Crippen molar-refractivity contribution in [3.63, 3.8) is 0 Å². The average molecular weight is 216 g/mol. The molecule has 0 aromatic rings. The van der Waals surface area contributed by atoms with Gasteiger partial charge >= 0.3 is 0 Å². The SMILES string of the molecule is COCCN(CC(C)O)CC1CCCN1. The maximum absolute atomic E-state index is 9.39. The molecule has 1 aliphatic heterocycles. The van der Waals surface area contributed by atoms with Crippen molar-refractivity contribution in [3.05, 3.63) is 0 Å². The van der Waals surface area contributed by atoms with Gasteiger partial charge in [0.25, 0.3) is 0 Å². The van der Waals surface area contributed by atoms with Crippen LogP contribution in [0.2, 0.25) is 0 Å². The number of methoxy groups -OCH3 is 1.